The fourth-order valence-electron chi connectivity index (χ4n) is 3.40. The standard InChI is InChI=1S/C26H26N4O2/c1-3-30(18-26(32)29-24-14-12-23(13-15-24)28-19(2)31)17-20-8-10-21(11-9-20)25-7-5-4-6-22(25)16-27/h4-15H,3,17-18H2,1-2H3,(H,28,31)(H,29,32). The maximum Gasteiger partial charge on any atom is 0.238 e. The number of likely N-dealkylation sites (N-methyl/N-ethyl adjacent to an activating group) is 1. The Morgan fingerprint density at radius 2 is 1.53 bits per heavy atom. The second kappa shape index (κ2) is 10.9. The summed E-state index contributed by atoms with van der Waals surface area (Å²) in [6, 6.07) is 24.9. The van der Waals surface area contributed by atoms with Gasteiger partial charge in [0.2, 0.25) is 11.8 Å². The molecular formula is C26H26N4O2. The van der Waals surface area contributed by atoms with E-state index in [2.05, 4.69) is 21.6 Å². The summed E-state index contributed by atoms with van der Waals surface area (Å²) >= 11 is 0. The summed E-state index contributed by atoms with van der Waals surface area (Å²) in [6.07, 6.45) is 0. The van der Waals surface area contributed by atoms with Crippen LogP contribution in [-0.2, 0) is 16.1 Å². The van der Waals surface area contributed by atoms with Crippen molar-refractivity contribution in [1.29, 1.82) is 5.26 Å². The molecule has 0 bridgehead atoms. The number of rotatable bonds is 8. The largest absolute Gasteiger partial charge is 0.326 e. The van der Waals surface area contributed by atoms with Crippen LogP contribution in [0.3, 0.4) is 0 Å². The van der Waals surface area contributed by atoms with Crippen molar-refractivity contribution in [2.24, 2.45) is 0 Å². The summed E-state index contributed by atoms with van der Waals surface area (Å²) in [5.74, 6) is -0.235. The molecule has 6 nitrogen and oxygen atoms in total. The van der Waals surface area contributed by atoms with Gasteiger partial charge in [-0.15, -0.1) is 0 Å². The van der Waals surface area contributed by atoms with Crippen molar-refractivity contribution in [2.45, 2.75) is 20.4 Å². The van der Waals surface area contributed by atoms with Gasteiger partial charge < -0.3 is 10.6 Å². The van der Waals surface area contributed by atoms with Crippen molar-refractivity contribution in [3.8, 4) is 17.2 Å². The molecule has 32 heavy (non-hydrogen) atoms. The topological polar surface area (TPSA) is 85.2 Å². The Hall–Kier alpha value is -3.95. The Morgan fingerprint density at radius 3 is 2.12 bits per heavy atom. The van der Waals surface area contributed by atoms with E-state index in [1.165, 1.54) is 6.92 Å². The maximum absolute atomic E-state index is 12.5. The maximum atomic E-state index is 12.5. The molecule has 0 saturated heterocycles. The second-order valence-electron chi connectivity index (χ2n) is 7.46. The molecule has 0 aliphatic rings. The highest BCUT2D eigenvalue weighted by molar-refractivity contribution is 5.93. The van der Waals surface area contributed by atoms with E-state index in [0.29, 0.717) is 23.5 Å². The smallest absolute Gasteiger partial charge is 0.238 e. The van der Waals surface area contributed by atoms with Crippen molar-refractivity contribution in [3.63, 3.8) is 0 Å². The molecular weight excluding hydrogens is 400 g/mol. The summed E-state index contributed by atoms with van der Waals surface area (Å²) in [7, 11) is 0. The van der Waals surface area contributed by atoms with E-state index in [9.17, 15) is 14.9 Å². The number of carbonyl (C=O) groups is 2. The highest BCUT2D eigenvalue weighted by Crippen LogP contribution is 2.24. The molecule has 0 radical (unpaired) electrons. The van der Waals surface area contributed by atoms with Crippen LogP contribution in [0.25, 0.3) is 11.1 Å². The molecule has 3 rings (SSSR count). The summed E-state index contributed by atoms with van der Waals surface area (Å²) in [6.45, 7) is 5.11. The fraction of sp³-hybridized carbons (Fsp3) is 0.192. The average molecular weight is 427 g/mol. The Labute approximate surface area is 188 Å². The van der Waals surface area contributed by atoms with E-state index in [0.717, 1.165) is 23.2 Å². The number of benzene rings is 3. The molecule has 162 valence electrons. The summed E-state index contributed by atoms with van der Waals surface area (Å²) < 4.78 is 0. The number of nitriles is 1. The van der Waals surface area contributed by atoms with Gasteiger partial charge in [0.05, 0.1) is 18.2 Å². The molecule has 2 N–H and O–H groups in total. The molecule has 2 amide bonds. The highest BCUT2D eigenvalue weighted by atomic mass is 16.2. The minimum atomic E-state index is -0.136. The van der Waals surface area contributed by atoms with Crippen molar-refractivity contribution < 1.29 is 9.59 Å². The van der Waals surface area contributed by atoms with Crippen LogP contribution in [0.4, 0.5) is 11.4 Å². The molecule has 0 spiro atoms. The zero-order valence-electron chi connectivity index (χ0n) is 18.3. The van der Waals surface area contributed by atoms with Crippen LogP contribution in [0.2, 0.25) is 0 Å². The number of hydrogen-bond acceptors (Lipinski definition) is 4. The third-order valence-electron chi connectivity index (χ3n) is 5.02. The van der Waals surface area contributed by atoms with E-state index >= 15 is 0 Å². The molecule has 0 saturated carbocycles. The van der Waals surface area contributed by atoms with Gasteiger partial charge in [0, 0.05) is 24.8 Å². The van der Waals surface area contributed by atoms with Crippen LogP contribution in [0, 0.1) is 11.3 Å². The zero-order valence-corrected chi connectivity index (χ0v) is 18.3. The quantitative estimate of drug-likeness (QED) is 0.549. The van der Waals surface area contributed by atoms with Crippen LogP contribution in [0.1, 0.15) is 25.0 Å². The van der Waals surface area contributed by atoms with Crippen LogP contribution in [-0.4, -0.2) is 29.8 Å². The number of anilines is 2. The first-order valence-corrected chi connectivity index (χ1v) is 10.5. The minimum absolute atomic E-state index is 0.0984. The molecule has 0 aliphatic heterocycles. The van der Waals surface area contributed by atoms with Gasteiger partial charge >= 0.3 is 0 Å². The number of nitrogens with zero attached hydrogens (tertiary/aromatic N) is 2. The molecule has 3 aromatic rings. The molecule has 6 heteroatoms. The van der Waals surface area contributed by atoms with E-state index in [-0.39, 0.29) is 18.4 Å². The van der Waals surface area contributed by atoms with Crippen LogP contribution >= 0.6 is 0 Å². The second-order valence-corrected chi connectivity index (χ2v) is 7.46. The van der Waals surface area contributed by atoms with Crippen LogP contribution in [0.15, 0.2) is 72.8 Å². The third kappa shape index (κ3) is 6.27. The van der Waals surface area contributed by atoms with Gasteiger partial charge in [0.15, 0.2) is 0 Å². The van der Waals surface area contributed by atoms with Crippen molar-refractivity contribution >= 4 is 23.2 Å². The van der Waals surface area contributed by atoms with Crippen molar-refractivity contribution in [1.82, 2.24) is 4.90 Å². The van der Waals surface area contributed by atoms with Gasteiger partial charge in [-0.3, -0.25) is 14.5 Å². The fourth-order valence-corrected chi connectivity index (χ4v) is 3.40. The first-order valence-electron chi connectivity index (χ1n) is 10.5. The van der Waals surface area contributed by atoms with E-state index in [1.807, 2.05) is 55.5 Å². The minimum Gasteiger partial charge on any atom is -0.326 e. The molecule has 0 unspecified atom stereocenters. The Bertz CT molecular complexity index is 1120. The van der Waals surface area contributed by atoms with Gasteiger partial charge in [-0.25, -0.2) is 0 Å². The first kappa shape index (κ1) is 22.7. The Kier molecular flexibility index (Phi) is 7.74. The lowest BCUT2D eigenvalue weighted by Crippen LogP contribution is -2.32. The highest BCUT2D eigenvalue weighted by Gasteiger charge is 2.11. The predicted octanol–water partition coefficient (Wildman–Crippen LogP) is 4.64. The van der Waals surface area contributed by atoms with Crippen LogP contribution < -0.4 is 10.6 Å². The zero-order chi connectivity index (χ0) is 22.9. The van der Waals surface area contributed by atoms with Crippen LogP contribution in [0.5, 0.6) is 0 Å². The van der Waals surface area contributed by atoms with E-state index in [4.69, 9.17) is 0 Å². The van der Waals surface area contributed by atoms with Gasteiger partial charge in [-0.2, -0.15) is 5.26 Å². The normalized spacial score (nSPS) is 10.4. The number of amides is 2. The molecule has 3 aromatic carbocycles. The third-order valence-corrected chi connectivity index (χ3v) is 5.02. The Morgan fingerprint density at radius 1 is 0.906 bits per heavy atom. The van der Waals surface area contributed by atoms with Gasteiger partial charge in [0.25, 0.3) is 0 Å². The molecule has 0 atom stereocenters. The molecule has 0 fully saturated rings. The number of hydrogen-bond donors (Lipinski definition) is 2. The van der Waals surface area contributed by atoms with Crippen molar-refractivity contribution in [2.75, 3.05) is 23.7 Å². The van der Waals surface area contributed by atoms with Gasteiger partial charge in [-0.1, -0.05) is 49.4 Å². The van der Waals surface area contributed by atoms with Crippen molar-refractivity contribution in [3.05, 3.63) is 83.9 Å². The monoisotopic (exact) mass is 426 g/mol. The molecule has 0 heterocycles. The molecule has 0 aromatic heterocycles. The van der Waals surface area contributed by atoms with Gasteiger partial charge in [0.1, 0.15) is 0 Å². The first-order chi connectivity index (χ1) is 15.5. The predicted molar refractivity (Wildman–Crippen MR) is 127 cm³/mol. The SMILES string of the molecule is CCN(CC(=O)Nc1ccc(NC(C)=O)cc1)Cc1ccc(-c2ccccc2C#N)cc1. The summed E-state index contributed by atoms with van der Waals surface area (Å²) in [4.78, 5) is 25.6. The Balaban J connectivity index is 1.58. The van der Waals surface area contributed by atoms with E-state index in [1.54, 1.807) is 24.3 Å². The van der Waals surface area contributed by atoms with Gasteiger partial charge in [-0.05, 0) is 53.6 Å². The average Bonchev–Trinajstić information content (AvgIpc) is 2.80. The lowest BCUT2D eigenvalue weighted by molar-refractivity contribution is -0.117. The lowest BCUT2D eigenvalue weighted by Gasteiger charge is -2.20. The summed E-state index contributed by atoms with van der Waals surface area (Å²) in [5, 5.41) is 14.9. The number of nitrogens with one attached hydrogen (secondary N) is 2. The molecule has 0 aliphatic carbocycles. The van der Waals surface area contributed by atoms with E-state index < -0.39 is 0 Å². The summed E-state index contributed by atoms with van der Waals surface area (Å²) in [5.41, 5.74) is 5.02. The lowest BCUT2D eigenvalue weighted by atomic mass is 9.99. The number of carbonyl (C=O) groups excluding carboxylic acids is 2.